The molecular formula is C20H35IN4O3. The minimum atomic E-state index is 0. The van der Waals surface area contributed by atoms with Crippen LogP contribution in [0.4, 0.5) is 0 Å². The summed E-state index contributed by atoms with van der Waals surface area (Å²) in [5, 5.41) is 6.69. The van der Waals surface area contributed by atoms with Crippen LogP contribution in [0.15, 0.2) is 23.2 Å². The molecule has 1 aromatic rings. The molecule has 1 fully saturated rings. The highest BCUT2D eigenvalue weighted by Gasteiger charge is 2.21. The molecule has 8 heteroatoms. The second-order valence-electron chi connectivity index (χ2n) is 7.13. The Labute approximate surface area is 186 Å². The van der Waals surface area contributed by atoms with Crippen LogP contribution in [0.25, 0.3) is 0 Å². The van der Waals surface area contributed by atoms with E-state index in [1.165, 1.54) is 0 Å². The first kappa shape index (κ1) is 24.8. The average molecular weight is 506 g/mol. The van der Waals surface area contributed by atoms with Gasteiger partial charge in [0.05, 0.1) is 26.9 Å². The number of halogens is 1. The van der Waals surface area contributed by atoms with Crippen LogP contribution in [0.1, 0.15) is 19.4 Å². The first-order valence-corrected chi connectivity index (χ1v) is 9.55. The molecule has 0 spiro atoms. The zero-order valence-corrected chi connectivity index (χ0v) is 20.0. The van der Waals surface area contributed by atoms with Crippen LogP contribution < -0.4 is 20.1 Å². The summed E-state index contributed by atoms with van der Waals surface area (Å²) in [6.07, 6.45) is 0.173. The molecule has 1 aliphatic heterocycles. The topological polar surface area (TPSA) is 67.4 Å². The van der Waals surface area contributed by atoms with Crippen molar-refractivity contribution in [1.82, 2.24) is 15.5 Å². The molecule has 1 aliphatic rings. The number of ether oxygens (including phenoxy) is 3. The van der Waals surface area contributed by atoms with E-state index in [4.69, 9.17) is 14.2 Å². The summed E-state index contributed by atoms with van der Waals surface area (Å²) in [6.45, 7) is 9.71. The number of morpholine rings is 1. The molecule has 0 amide bonds. The molecule has 2 rings (SSSR count). The van der Waals surface area contributed by atoms with Crippen LogP contribution in [-0.2, 0) is 11.3 Å². The van der Waals surface area contributed by atoms with Crippen molar-refractivity contribution in [1.29, 1.82) is 0 Å². The summed E-state index contributed by atoms with van der Waals surface area (Å²) >= 11 is 0. The van der Waals surface area contributed by atoms with Gasteiger partial charge in [-0.15, -0.1) is 24.0 Å². The van der Waals surface area contributed by atoms with E-state index in [0.29, 0.717) is 12.5 Å². The molecule has 1 saturated heterocycles. The maximum Gasteiger partial charge on any atom is 0.191 e. The van der Waals surface area contributed by atoms with E-state index in [1.54, 1.807) is 21.3 Å². The number of hydrogen-bond donors (Lipinski definition) is 2. The molecule has 0 bridgehead atoms. The quantitative estimate of drug-likeness (QED) is 0.321. The Hall–Kier alpha value is -1.26. The molecule has 0 radical (unpaired) electrons. The van der Waals surface area contributed by atoms with Crippen molar-refractivity contribution in [2.24, 2.45) is 10.9 Å². The summed E-state index contributed by atoms with van der Waals surface area (Å²) in [7, 11) is 5.08. The fourth-order valence-electron chi connectivity index (χ4n) is 3.19. The van der Waals surface area contributed by atoms with Crippen molar-refractivity contribution in [3.05, 3.63) is 23.8 Å². The first-order valence-electron chi connectivity index (χ1n) is 9.55. The number of nitrogens with one attached hydrogen (secondary N) is 2. The number of aliphatic imine (C=N–C) groups is 1. The fraction of sp³-hybridized carbons (Fsp3) is 0.650. The molecule has 1 atom stereocenters. The summed E-state index contributed by atoms with van der Waals surface area (Å²) < 4.78 is 16.6. The normalized spacial score (nSPS) is 17.8. The minimum absolute atomic E-state index is 0. The van der Waals surface area contributed by atoms with Gasteiger partial charge in [0.15, 0.2) is 5.96 Å². The molecule has 2 N–H and O–H groups in total. The molecule has 0 aromatic heterocycles. The van der Waals surface area contributed by atoms with Crippen LogP contribution in [0, 0.1) is 5.92 Å². The number of benzene rings is 1. The molecule has 0 saturated carbocycles. The lowest BCUT2D eigenvalue weighted by Crippen LogP contribution is -2.50. The van der Waals surface area contributed by atoms with Gasteiger partial charge >= 0.3 is 0 Å². The third-order valence-electron chi connectivity index (χ3n) is 4.51. The average Bonchev–Trinajstić information content (AvgIpc) is 2.67. The second-order valence-corrected chi connectivity index (χ2v) is 7.13. The smallest absolute Gasteiger partial charge is 0.191 e. The lowest BCUT2D eigenvalue weighted by molar-refractivity contribution is -0.0284. The van der Waals surface area contributed by atoms with Gasteiger partial charge in [-0.2, -0.15) is 0 Å². The zero-order valence-electron chi connectivity index (χ0n) is 17.7. The molecule has 1 unspecified atom stereocenters. The van der Waals surface area contributed by atoms with E-state index in [2.05, 4.69) is 34.4 Å². The fourth-order valence-corrected chi connectivity index (χ4v) is 3.19. The van der Waals surface area contributed by atoms with Crippen molar-refractivity contribution in [3.63, 3.8) is 0 Å². The monoisotopic (exact) mass is 506 g/mol. The van der Waals surface area contributed by atoms with Crippen LogP contribution in [-0.4, -0.2) is 71.0 Å². The lowest BCUT2D eigenvalue weighted by atomic mass is 10.2. The number of guanidine groups is 1. The largest absolute Gasteiger partial charge is 0.497 e. The highest BCUT2D eigenvalue weighted by atomic mass is 127. The minimum Gasteiger partial charge on any atom is -0.497 e. The summed E-state index contributed by atoms with van der Waals surface area (Å²) in [5.41, 5.74) is 1.04. The Balaban J connectivity index is 0.00000392. The first-order chi connectivity index (χ1) is 13.0. The third-order valence-corrected chi connectivity index (χ3v) is 4.51. The molecule has 7 nitrogen and oxygen atoms in total. The molecule has 160 valence electrons. The Morgan fingerprint density at radius 1 is 1.29 bits per heavy atom. The van der Waals surface area contributed by atoms with E-state index in [9.17, 15) is 0 Å². The van der Waals surface area contributed by atoms with Gasteiger partial charge in [0, 0.05) is 51.4 Å². The van der Waals surface area contributed by atoms with Crippen molar-refractivity contribution >= 4 is 29.9 Å². The van der Waals surface area contributed by atoms with Crippen LogP contribution in [0.5, 0.6) is 11.5 Å². The predicted molar refractivity (Wildman–Crippen MR) is 124 cm³/mol. The van der Waals surface area contributed by atoms with Crippen molar-refractivity contribution in [3.8, 4) is 11.5 Å². The molecule has 1 aromatic carbocycles. The predicted octanol–water partition coefficient (Wildman–Crippen LogP) is 2.34. The van der Waals surface area contributed by atoms with Gasteiger partial charge in [0.2, 0.25) is 0 Å². The summed E-state index contributed by atoms with van der Waals surface area (Å²) in [6, 6.07) is 5.80. The van der Waals surface area contributed by atoms with E-state index in [1.807, 2.05) is 18.2 Å². The number of hydrogen-bond acceptors (Lipinski definition) is 5. The number of methoxy groups -OCH3 is 2. The number of rotatable bonds is 8. The van der Waals surface area contributed by atoms with Gasteiger partial charge in [0.1, 0.15) is 11.5 Å². The summed E-state index contributed by atoms with van der Waals surface area (Å²) in [4.78, 5) is 6.78. The van der Waals surface area contributed by atoms with Crippen molar-refractivity contribution in [2.75, 3.05) is 54.1 Å². The third kappa shape index (κ3) is 8.00. The van der Waals surface area contributed by atoms with E-state index in [-0.39, 0.29) is 30.1 Å². The molecule has 1 heterocycles. The second kappa shape index (κ2) is 13.1. The van der Waals surface area contributed by atoms with Crippen molar-refractivity contribution in [2.45, 2.75) is 26.5 Å². The molecular weight excluding hydrogens is 471 g/mol. The highest BCUT2D eigenvalue weighted by molar-refractivity contribution is 14.0. The van der Waals surface area contributed by atoms with Crippen LogP contribution in [0.2, 0.25) is 0 Å². The van der Waals surface area contributed by atoms with Gasteiger partial charge in [-0.25, -0.2) is 0 Å². The lowest BCUT2D eigenvalue weighted by Gasteiger charge is -2.34. The van der Waals surface area contributed by atoms with Crippen LogP contribution in [0.3, 0.4) is 0 Å². The summed E-state index contributed by atoms with van der Waals surface area (Å²) in [5.74, 6) is 2.99. The molecule has 28 heavy (non-hydrogen) atoms. The molecule has 0 aliphatic carbocycles. The van der Waals surface area contributed by atoms with E-state index >= 15 is 0 Å². The standard InChI is InChI=1S/C20H34N4O3.HI/c1-15(2)13-24-8-9-27-18(14-24)12-23-20(21-3)22-11-16-6-7-17(25-4)10-19(16)26-5;/h6-7,10,15,18H,8-9,11-14H2,1-5H3,(H2,21,22,23);1H. The van der Waals surface area contributed by atoms with Gasteiger partial charge < -0.3 is 24.8 Å². The van der Waals surface area contributed by atoms with Gasteiger partial charge in [0.25, 0.3) is 0 Å². The highest BCUT2D eigenvalue weighted by Crippen LogP contribution is 2.24. The Bertz CT molecular complexity index is 613. The van der Waals surface area contributed by atoms with E-state index < -0.39 is 0 Å². The van der Waals surface area contributed by atoms with Crippen molar-refractivity contribution < 1.29 is 14.2 Å². The SMILES string of the molecule is CN=C(NCc1ccc(OC)cc1OC)NCC1CN(CC(C)C)CCO1.I. The van der Waals surface area contributed by atoms with E-state index in [0.717, 1.165) is 55.8 Å². The van der Waals surface area contributed by atoms with Gasteiger partial charge in [-0.3, -0.25) is 9.89 Å². The Kier molecular flexibility index (Phi) is 11.6. The zero-order chi connectivity index (χ0) is 19.6. The Morgan fingerprint density at radius 2 is 2.07 bits per heavy atom. The number of nitrogens with zero attached hydrogens (tertiary/aromatic N) is 2. The maximum absolute atomic E-state index is 5.89. The maximum atomic E-state index is 5.89. The Morgan fingerprint density at radius 3 is 2.71 bits per heavy atom. The van der Waals surface area contributed by atoms with Gasteiger partial charge in [-0.1, -0.05) is 13.8 Å². The van der Waals surface area contributed by atoms with Crippen LogP contribution >= 0.6 is 24.0 Å². The van der Waals surface area contributed by atoms with Gasteiger partial charge in [-0.05, 0) is 18.1 Å².